The molecule has 1 N–H and O–H groups in total. The van der Waals surface area contributed by atoms with Crippen molar-refractivity contribution >= 4 is 11.3 Å². The van der Waals surface area contributed by atoms with Gasteiger partial charge in [-0.1, -0.05) is 30.3 Å². The van der Waals surface area contributed by atoms with E-state index in [1.54, 1.807) is 0 Å². The van der Waals surface area contributed by atoms with Crippen LogP contribution in [-0.4, -0.2) is 6.54 Å². The predicted molar refractivity (Wildman–Crippen MR) is 70.9 cm³/mol. The Hall–Kier alpha value is -1.12. The van der Waals surface area contributed by atoms with E-state index in [4.69, 9.17) is 0 Å². The van der Waals surface area contributed by atoms with Crippen LogP contribution in [0.25, 0.3) is 0 Å². The molecule has 1 nitrogen and oxygen atoms in total. The second kappa shape index (κ2) is 5.83. The number of benzene rings is 1. The summed E-state index contributed by atoms with van der Waals surface area (Å²) in [6.07, 6.45) is 1.13. The van der Waals surface area contributed by atoms with Gasteiger partial charge >= 0.3 is 0 Å². The highest BCUT2D eigenvalue weighted by Gasteiger charge is 1.96. The summed E-state index contributed by atoms with van der Waals surface area (Å²) in [5.41, 5.74) is 1.35. The van der Waals surface area contributed by atoms with Crippen molar-refractivity contribution in [3.05, 3.63) is 57.8 Å². The van der Waals surface area contributed by atoms with Crippen LogP contribution in [0.5, 0.6) is 0 Å². The van der Waals surface area contributed by atoms with Gasteiger partial charge in [-0.2, -0.15) is 0 Å². The fourth-order valence-electron chi connectivity index (χ4n) is 1.66. The molecular weight excluding hydrogens is 214 g/mol. The van der Waals surface area contributed by atoms with E-state index < -0.39 is 0 Å². The lowest BCUT2D eigenvalue weighted by Crippen LogP contribution is -2.16. The van der Waals surface area contributed by atoms with E-state index in [0.29, 0.717) is 0 Å². The molecule has 16 heavy (non-hydrogen) atoms. The van der Waals surface area contributed by atoms with E-state index in [1.165, 1.54) is 15.3 Å². The predicted octanol–water partition coefficient (Wildman–Crippen LogP) is 3.39. The molecule has 0 atom stereocenters. The zero-order chi connectivity index (χ0) is 11.2. The van der Waals surface area contributed by atoms with Crippen LogP contribution in [0.4, 0.5) is 0 Å². The quantitative estimate of drug-likeness (QED) is 0.778. The molecule has 2 rings (SSSR count). The van der Waals surface area contributed by atoms with E-state index >= 15 is 0 Å². The van der Waals surface area contributed by atoms with E-state index in [2.05, 4.69) is 54.7 Å². The molecule has 0 aliphatic carbocycles. The van der Waals surface area contributed by atoms with Crippen molar-refractivity contribution in [3.63, 3.8) is 0 Å². The van der Waals surface area contributed by atoms with Gasteiger partial charge in [0.1, 0.15) is 0 Å². The maximum Gasteiger partial charge on any atom is 0.0205 e. The molecule has 2 heteroatoms. The van der Waals surface area contributed by atoms with Gasteiger partial charge < -0.3 is 5.32 Å². The number of hydrogen-bond donors (Lipinski definition) is 1. The molecule has 0 unspecified atom stereocenters. The Morgan fingerprint density at radius 2 is 1.88 bits per heavy atom. The third-order valence-electron chi connectivity index (χ3n) is 2.52. The minimum atomic E-state index is 0.963. The smallest absolute Gasteiger partial charge is 0.0205 e. The average molecular weight is 231 g/mol. The molecule has 0 saturated carbocycles. The zero-order valence-corrected chi connectivity index (χ0v) is 10.4. The normalized spacial score (nSPS) is 10.6. The maximum atomic E-state index is 3.47. The lowest BCUT2D eigenvalue weighted by Gasteiger charge is -2.03. The second-order valence-electron chi connectivity index (χ2n) is 3.92. The van der Waals surface area contributed by atoms with Crippen LogP contribution in [0.1, 0.15) is 15.3 Å². The van der Waals surface area contributed by atoms with Crippen molar-refractivity contribution < 1.29 is 0 Å². The van der Waals surface area contributed by atoms with E-state index in [1.807, 2.05) is 11.3 Å². The lowest BCUT2D eigenvalue weighted by atomic mass is 10.2. The van der Waals surface area contributed by atoms with Gasteiger partial charge in [0, 0.05) is 22.8 Å². The Labute approximate surface area is 101 Å². The van der Waals surface area contributed by atoms with Crippen molar-refractivity contribution in [1.29, 1.82) is 0 Å². The highest BCUT2D eigenvalue weighted by molar-refractivity contribution is 7.11. The second-order valence-corrected chi connectivity index (χ2v) is 5.30. The van der Waals surface area contributed by atoms with Gasteiger partial charge in [-0.3, -0.25) is 0 Å². The minimum Gasteiger partial charge on any atom is -0.312 e. The molecule has 2 aromatic rings. The first-order valence-corrected chi connectivity index (χ1v) is 6.46. The third-order valence-corrected chi connectivity index (χ3v) is 3.58. The lowest BCUT2D eigenvalue weighted by molar-refractivity contribution is 0.690. The van der Waals surface area contributed by atoms with Crippen LogP contribution in [0.3, 0.4) is 0 Å². The summed E-state index contributed by atoms with van der Waals surface area (Å²) in [5.74, 6) is 0. The van der Waals surface area contributed by atoms with Gasteiger partial charge in [0.25, 0.3) is 0 Å². The summed E-state index contributed by atoms with van der Waals surface area (Å²) < 4.78 is 0. The molecule has 0 amide bonds. The first-order valence-electron chi connectivity index (χ1n) is 5.64. The molecule has 0 radical (unpaired) electrons. The number of thiophene rings is 1. The van der Waals surface area contributed by atoms with Gasteiger partial charge in [0.05, 0.1) is 0 Å². The van der Waals surface area contributed by atoms with Gasteiger partial charge in [0.15, 0.2) is 0 Å². The Balaban J connectivity index is 1.69. The number of nitrogens with one attached hydrogen (secondary N) is 1. The molecule has 0 fully saturated rings. The van der Waals surface area contributed by atoms with Crippen molar-refractivity contribution in [3.8, 4) is 0 Å². The minimum absolute atomic E-state index is 0.963. The first kappa shape index (κ1) is 11.4. The molecule has 84 valence electrons. The fourth-order valence-corrected chi connectivity index (χ4v) is 2.55. The van der Waals surface area contributed by atoms with Gasteiger partial charge in [0.2, 0.25) is 0 Å². The maximum absolute atomic E-state index is 3.47. The molecule has 0 saturated heterocycles. The first-order chi connectivity index (χ1) is 7.84. The van der Waals surface area contributed by atoms with Crippen molar-refractivity contribution in [2.45, 2.75) is 19.9 Å². The largest absolute Gasteiger partial charge is 0.312 e. The van der Waals surface area contributed by atoms with E-state index in [9.17, 15) is 0 Å². The van der Waals surface area contributed by atoms with Crippen molar-refractivity contribution in [1.82, 2.24) is 5.32 Å². The molecule has 1 aromatic heterocycles. The van der Waals surface area contributed by atoms with Crippen LogP contribution < -0.4 is 5.32 Å². The molecular formula is C14H17NS. The van der Waals surface area contributed by atoms with E-state index in [0.717, 1.165) is 19.5 Å². The van der Waals surface area contributed by atoms with Gasteiger partial charge in [-0.25, -0.2) is 0 Å². The Morgan fingerprint density at radius 1 is 1.06 bits per heavy atom. The summed E-state index contributed by atoms with van der Waals surface area (Å²) >= 11 is 1.89. The van der Waals surface area contributed by atoms with Crippen LogP contribution in [0, 0.1) is 6.92 Å². The molecule has 0 spiro atoms. The van der Waals surface area contributed by atoms with Crippen molar-refractivity contribution in [2.24, 2.45) is 0 Å². The van der Waals surface area contributed by atoms with Gasteiger partial charge in [-0.15, -0.1) is 11.3 Å². The topological polar surface area (TPSA) is 12.0 Å². The van der Waals surface area contributed by atoms with Crippen LogP contribution in [0.2, 0.25) is 0 Å². The molecule has 1 heterocycles. The highest BCUT2D eigenvalue weighted by atomic mass is 32.1. The summed E-state index contributed by atoms with van der Waals surface area (Å²) in [5, 5.41) is 3.47. The van der Waals surface area contributed by atoms with Gasteiger partial charge in [-0.05, 0) is 31.0 Å². The Kier molecular flexibility index (Phi) is 4.14. The zero-order valence-electron chi connectivity index (χ0n) is 9.57. The average Bonchev–Trinajstić information content (AvgIpc) is 2.72. The molecule has 0 aliphatic heterocycles. The standard InChI is InChI=1S/C14H17NS/c1-12-7-8-14(16-12)9-10-15-11-13-5-3-2-4-6-13/h2-8,15H,9-11H2,1H3. The summed E-state index contributed by atoms with van der Waals surface area (Å²) in [4.78, 5) is 2.87. The summed E-state index contributed by atoms with van der Waals surface area (Å²) in [6.45, 7) is 4.17. The monoisotopic (exact) mass is 231 g/mol. The number of rotatable bonds is 5. The Bertz CT molecular complexity index is 419. The molecule has 1 aromatic carbocycles. The number of hydrogen-bond acceptors (Lipinski definition) is 2. The fraction of sp³-hybridized carbons (Fsp3) is 0.286. The summed E-state index contributed by atoms with van der Waals surface area (Å²) in [6, 6.07) is 14.9. The molecule has 0 aliphatic rings. The highest BCUT2D eigenvalue weighted by Crippen LogP contribution is 2.14. The van der Waals surface area contributed by atoms with Crippen LogP contribution in [0.15, 0.2) is 42.5 Å². The molecule has 0 bridgehead atoms. The van der Waals surface area contributed by atoms with Crippen LogP contribution >= 0.6 is 11.3 Å². The van der Waals surface area contributed by atoms with Crippen molar-refractivity contribution in [2.75, 3.05) is 6.54 Å². The van der Waals surface area contributed by atoms with E-state index in [-0.39, 0.29) is 0 Å². The Morgan fingerprint density at radius 3 is 2.56 bits per heavy atom. The third kappa shape index (κ3) is 3.47. The SMILES string of the molecule is Cc1ccc(CCNCc2ccccc2)s1. The number of aryl methyl sites for hydroxylation is 1. The summed E-state index contributed by atoms with van der Waals surface area (Å²) in [7, 11) is 0. The van der Waals surface area contributed by atoms with Crippen LogP contribution in [-0.2, 0) is 13.0 Å².